The fraction of sp³-hybridized carbons (Fsp3) is 0.167. The van der Waals surface area contributed by atoms with Crippen LogP contribution in [0.5, 0.6) is 0 Å². The van der Waals surface area contributed by atoms with Crippen LogP contribution in [0.1, 0.15) is 21.7 Å². The van der Waals surface area contributed by atoms with Crippen molar-refractivity contribution in [2.75, 3.05) is 13.7 Å². The molecule has 0 saturated heterocycles. The topological polar surface area (TPSA) is 115 Å². The third kappa shape index (κ3) is 3.68. The van der Waals surface area contributed by atoms with Gasteiger partial charge in [-0.05, 0) is 23.8 Å². The molecule has 166 valence electrons. The van der Waals surface area contributed by atoms with E-state index >= 15 is 0 Å². The zero-order chi connectivity index (χ0) is 22.9. The van der Waals surface area contributed by atoms with Gasteiger partial charge in [-0.1, -0.05) is 30.3 Å². The van der Waals surface area contributed by atoms with E-state index in [1.54, 1.807) is 17.0 Å². The molecule has 0 radical (unpaired) electrons. The molecule has 2 N–H and O–H groups in total. The Morgan fingerprint density at radius 3 is 2.73 bits per heavy atom. The van der Waals surface area contributed by atoms with E-state index in [1.165, 1.54) is 7.11 Å². The quantitative estimate of drug-likeness (QED) is 0.390. The van der Waals surface area contributed by atoms with Gasteiger partial charge in [0.1, 0.15) is 17.1 Å². The van der Waals surface area contributed by atoms with Crippen LogP contribution in [0.3, 0.4) is 0 Å². The van der Waals surface area contributed by atoms with Crippen LogP contribution in [0.15, 0.2) is 65.7 Å². The van der Waals surface area contributed by atoms with Gasteiger partial charge in [-0.3, -0.25) is 4.79 Å². The molecule has 0 saturated carbocycles. The number of benzene rings is 2. The molecule has 3 aromatic rings. The molecular weight excluding hydrogens is 422 g/mol. The van der Waals surface area contributed by atoms with Crippen molar-refractivity contribution >= 4 is 17.0 Å². The number of esters is 1. The molecular formula is C24H21N5O4. The number of carbonyl (C=O) groups is 1. The third-order valence-electron chi connectivity index (χ3n) is 5.60. The van der Waals surface area contributed by atoms with E-state index in [9.17, 15) is 14.7 Å². The van der Waals surface area contributed by atoms with Gasteiger partial charge in [0, 0.05) is 31.0 Å². The molecule has 0 fully saturated rings. The molecule has 5 rings (SSSR count). The van der Waals surface area contributed by atoms with Gasteiger partial charge in [0.05, 0.1) is 30.3 Å². The number of nitrogens with one attached hydrogen (secondary N) is 1. The maximum absolute atomic E-state index is 12.3. The maximum atomic E-state index is 12.3. The number of hydrogen-bond acceptors (Lipinski definition) is 6. The molecule has 2 aromatic carbocycles. The molecule has 3 heterocycles. The minimum Gasteiger partial charge on any atom is -0.465 e. The van der Waals surface area contributed by atoms with Crippen LogP contribution in [0.4, 0.5) is 0 Å². The molecule has 1 aromatic heterocycles. The van der Waals surface area contributed by atoms with Crippen molar-refractivity contribution < 1.29 is 14.6 Å². The lowest BCUT2D eigenvalue weighted by Gasteiger charge is -2.12. The van der Waals surface area contributed by atoms with Gasteiger partial charge in [-0.15, -0.1) is 0 Å². The molecule has 2 aliphatic heterocycles. The van der Waals surface area contributed by atoms with E-state index in [1.807, 2.05) is 53.1 Å². The number of aliphatic hydroxyl groups is 1. The number of pyridine rings is 1. The first-order chi connectivity index (χ1) is 16.1. The second kappa shape index (κ2) is 8.36. The van der Waals surface area contributed by atoms with Crippen molar-refractivity contribution in [3.05, 3.63) is 88.2 Å². The molecule has 33 heavy (non-hydrogen) atoms. The number of nitrogens with zero attached hydrogens (tertiary/aromatic N) is 4. The van der Waals surface area contributed by atoms with Crippen LogP contribution >= 0.6 is 0 Å². The third-order valence-corrected chi connectivity index (χ3v) is 5.60. The van der Waals surface area contributed by atoms with Crippen molar-refractivity contribution in [3.8, 4) is 16.9 Å². The SMILES string of the molecule is COC(=O)c1cn(-c2ccc3c(c2)nc(Cc2ccccc2)n3CCO)cc2c(=O)[nH]nc1-2. The predicted octanol–water partition coefficient (Wildman–Crippen LogP) is 2.38. The van der Waals surface area contributed by atoms with Crippen LogP contribution < -0.4 is 5.56 Å². The standard InChI is InChI=1S/C24H21N5O4/c1-33-24(32)18-14-28(13-17-22(18)26-27-23(17)31)16-7-8-20-19(12-16)25-21(29(20)9-10-30)11-15-5-3-2-4-6-15/h2-8,12-14,30H,9-11H2,1H3,(H,27,31). The van der Waals surface area contributed by atoms with Gasteiger partial charge in [0.2, 0.25) is 0 Å². The molecule has 0 spiro atoms. The highest BCUT2D eigenvalue weighted by molar-refractivity contribution is 5.96. The highest BCUT2D eigenvalue weighted by Gasteiger charge is 2.22. The van der Waals surface area contributed by atoms with E-state index in [4.69, 9.17) is 9.72 Å². The Morgan fingerprint density at radius 2 is 1.97 bits per heavy atom. The summed E-state index contributed by atoms with van der Waals surface area (Å²) in [5.41, 5.74) is 3.82. The van der Waals surface area contributed by atoms with E-state index in [0.29, 0.717) is 13.0 Å². The number of ether oxygens (including phenoxy) is 1. The van der Waals surface area contributed by atoms with Crippen LogP contribution in [-0.4, -0.2) is 49.1 Å². The molecule has 2 aliphatic rings. The molecule has 9 nitrogen and oxygen atoms in total. The number of aromatic nitrogens is 5. The van der Waals surface area contributed by atoms with Crippen molar-refractivity contribution in [2.24, 2.45) is 0 Å². The molecule has 9 heteroatoms. The van der Waals surface area contributed by atoms with Gasteiger partial charge in [0.15, 0.2) is 0 Å². The number of carbonyl (C=O) groups excluding carboxylic acids is 1. The second-order valence-corrected chi connectivity index (χ2v) is 7.62. The first-order valence-electron chi connectivity index (χ1n) is 10.4. The lowest BCUT2D eigenvalue weighted by Crippen LogP contribution is -2.11. The van der Waals surface area contributed by atoms with Gasteiger partial charge in [-0.25, -0.2) is 14.9 Å². The number of methoxy groups -OCH3 is 1. The Balaban J connectivity index is 1.63. The zero-order valence-electron chi connectivity index (χ0n) is 17.9. The lowest BCUT2D eigenvalue weighted by atomic mass is 10.1. The Morgan fingerprint density at radius 1 is 1.15 bits per heavy atom. The van der Waals surface area contributed by atoms with Gasteiger partial charge < -0.3 is 19.0 Å². The number of fused-ring (bicyclic) bond motifs is 2. The summed E-state index contributed by atoms with van der Waals surface area (Å²) >= 11 is 0. The highest BCUT2D eigenvalue weighted by Crippen LogP contribution is 2.26. The molecule has 0 unspecified atom stereocenters. The molecule has 0 atom stereocenters. The number of hydrogen-bond donors (Lipinski definition) is 2. The molecule has 0 bridgehead atoms. The fourth-order valence-corrected chi connectivity index (χ4v) is 4.04. The molecule has 0 amide bonds. The monoisotopic (exact) mass is 443 g/mol. The summed E-state index contributed by atoms with van der Waals surface area (Å²) in [7, 11) is 1.28. The van der Waals surface area contributed by atoms with Crippen molar-refractivity contribution in [1.82, 2.24) is 24.3 Å². The largest absolute Gasteiger partial charge is 0.465 e. The number of H-pyrrole nitrogens is 1. The smallest absolute Gasteiger partial charge is 0.341 e. The summed E-state index contributed by atoms with van der Waals surface area (Å²) in [5, 5.41) is 15.9. The Bertz CT molecular complexity index is 1480. The summed E-state index contributed by atoms with van der Waals surface area (Å²) in [6.45, 7) is 0.424. The summed E-state index contributed by atoms with van der Waals surface area (Å²) in [5.74, 6) is 0.258. The maximum Gasteiger partial charge on any atom is 0.341 e. The summed E-state index contributed by atoms with van der Waals surface area (Å²) in [4.78, 5) is 29.3. The Kier molecular flexibility index (Phi) is 5.23. The zero-order valence-corrected chi connectivity index (χ0v) is 17.9. The van der Waals surface area contributed by atoms with E-state index in [-0.39, 0.29) is 29.0 Å². The summed E-state index contributed by atoms with van der Waals surface area (Å²) in [6.07, 6.45) is 3.85. The van der Waals surface area contributed by atoms with E-state index in [2.05, 4.69) is 10.2 Å². The summed E-state index contributed by atoms with van der Waals surface area (Å²) < 4.78 is 8.56. The van der Waals surface area contributed by atoms with Crippen LogP contribution in [0, 0.1) is 0 Å². The van der Waals surface area contributed by atoms with Crippen molar-refractivity contribution in [2.45, 2.75) is 13.0 Å². The number of aliphatic hydroxyl groups excluding tert-OH is 1. The van der Waals surface area contributed by atoms with Gasteiger partial charge in [-0.2, -0.15) is 5.10 Å². The van der Waals surface area contributed by atoms with Crippen LogP contribution in [-0.2, 0) is 17.7 Å². The highest BCUT2D eigenvalue weighted by atomic mass is 16.5. The van der Waals surface area contributed by atoms with E-state index < -0.39 is 5.97 Å². The number of imidazole rings is 1. The normalized spacial score (nSPS) is 11.3. The molecule has 0 aliphatic carbocycles. The first-order valence-corrected chi connectivity index (χ1v) is 10.4. The minimum atomic E-state index is -0.584. The van der Waals surface area contributed by atoms with Crippen molar-refractivity contribution in [1.29, 1.82) is 0 Å². The lowest BCUT2D eigenvalue weighted by molar-refractivity contribution is 0.0600. The van der Waals surface area contributed by atoms with Crippen LogP contribution in [0.25, 0.3) is 28.0 Å². The average Bonchev–Trinajstić information content (AvgIpc) is 3.38. The second-order valence-electron chi connectivity index (χ2n) is 7.62. The predicted molar refractivity (Wildman–Crippen MR) is 122 cm³/mol. The van der Waals surface area contributed by atoms with Gasteiger partial charge in [0.25, 0.3) is 5.56 Å². The first kappa shape index (κ1) is 20.7. The van der Waals surface area contributed by atoms with Gasteiger partial charge >= 0.3 is 5.97 Å². The van der Waals surface area contributed by atoms with Crippen LogP contribution in [0.2, 0.25) is 0 Å². The fourth-order valence-electron chi connectivity index (χ4n) is 4.04. The average molecular weight is 443 g/mol. The van der Waals surface area contributed by atoms with Crippen molar-refractivity contribution in [3.63, 3.8) is 0 Å². The minimum absolute atomic E-state index is 0.00429. The van der Waals surface area contributed by atoms with E-state index in [0.717, 1.165) is 28.1 Å². The Labute approximate surface area is 188 Å². The number of aromatic amines is 1. The summed E-state index contributed by atoms with van der Waals surface area (Å²) in [6, 6.07) is 15.7. The Hall–Kier alpha value is -4.24. The number of rotatable bonds is 6.